The van der Waals surface area contributed by atoms with Crippen molar-refractivity contribution in [1.29, 1.82) is 0 Å². The maximum absolute atomic E-state index is 11.7. The van der Waals surface area contributed by atoms with Gasteiger partial charge in [0.2, 0.25) is 5.91 Å². The summed E-state index contributed by atoms with van der Waals surface area (Å²) in [7, 11) is 1.60. The lowest BCUT2D eigenvalue weighted by Crippen LogP contribution is -2.33. The number of nitrogens with one attached hydrogen (secondary N) is 1. The Balaban J connectivity index is 1.84. The van der Waals surface area contributed by atoms with Crippen LogP contribution in [0.25, 0.3) is 0 Å². The van der Waals surface area contributed by atoms with Crippen molar-refractivity contribution >= 4 is 12.1 Å². The Morgan fingerprint density at radius 2 is 2.25 bits per heavy atom. The van der Waals surface area contributed by atoms with Crippen molar-refractivity contribution in [1.82, 2.24) is 5.43 Å². The molecule has 1 heterocycles. The number of rotatable bonds is 5. The molecule has 1 fully saturated rings. The van der Waals surface area contributed by atoms with Crippen LogP contribution >= 0.6 is 0 Å². The Kier molecular flexibility index (Phi) is 4.70. The second-order valence-corrected chi connectivity index (χ2v) is 4.58. The van der Waals surface area contributed by atoms with Gasteiger partial charge in [0, 0.05) is 0 Å². The quantitative estimate of drug-likeness (QED) is 0.651. The van der Waals surface area contributed by atoms with E-state index in [0.29, 0.717) is 13.2 Å². The first kappa shape index (κ1) is 14.5. The third kappa shape index (κ3) is 4.04. The first-order valence-corrected chi connectivity index (χ1v) is 6.35. The Labute approximate surface area is 117 Å². The number of hydrogen-bond donors (Lipinski definition) is 1. The molecule has 1 aromatic carbocycles. The van der Waals surface area contributed by atoms with E-state index in [1.165, 1.54) is 0 Å². The van der Waals surface area contributed by atoms with Gasteiger partial charge in [0.05, 0.1) is 33.0 Å². The lowest BCUT2D eigenvalue weighted by Gasteiger charge is -2.20. The third-order valence-electron chi connectivity index (χ3n) is 2.88. The molecule has 2 rings (SSSR count). The first-order valence-electron chi connectivity index (χ1n) is 6.35. The van der Waals surface area contributed by atoms with Crippen LogP contribution < -0.4 is 10.2 Å². The van der Waals surface area contributed by atoms with Gasteiger partial charge in [-0.3, -0.25) is 4.79 Å². The van der Waals surface area contributed by atoms with Crippen LogP contribution in [-0.2, 0) is 14.3 Å². The molecule has 6 heteroatoms. The molecular formula is C14H18N2O4. The van der Waals surface area contributed by atoms with Crippen LogP contribution in [0.3, 0.4) is 0 Å². The molecule has 0 radical (unpaired) electrons. The molecule has 0 unspecified atom stereocenters. The molecule has 0 aromatic heterocycles. The number of amides is 1. The molecule has 1 aromatic rings. The predicted octanol–water partition coefficient (Wildman–Crippen LogP) is 1.30. The van der Waals surface area contributed by atoms with Crippen molar-refractivity contribution in [3.05, 3.63) is 29.8 Å². The van der Waals surface area contributed by atoms with Crippen LogP contribution in [0.15, 0.2) is 29.4 Å². The van der Waals surface area contributed by atoms with E-state index in [9.17, 15) is 4.79 Å². The van der Waals surface area contributed by atoms with Gasteiger partial charge in [0.25, 0.3) is 0 Å². The minimum Gasteiger partial charge on any atom is -0.497 e. The Hall–Kier alpha value is -1.92. The predicted molar refractivity (Wildman–Crippen MR) is 73.7 cm³/mol. The topological polar surface area (TPSA) is 69.2 Å². The maximum atomic E-state index is 11.7. The highest BCUT2D eigenvalue weighted by atomic mass is 16.7. The number of carbonyl (C=O) groups excluding carboxylic acids is 1. The average molecular weight is 278 g/mol. The smallest absolute Gasteiger partial charge is 0.245 e. The number of benzene rings is 1. The molecule has 1 saturated heterocycles. The molecule has 1 N–H and O–H groups in total. The molecule has 0 spiro atoms. The Morgan fingerprint density at radius 1 is 1.50 bits per heavy atom. The van der Waals surface area contributed by atoms with Gasteiger partial charge >= 0.3 is 0 Å². The van der Waals surface area contributed by atoms with Gasteiger partial charge in [-0.2, -0.15) is 5.10 Å². The highest BCUT2D eigenvalue weighted by Crippen LogP contribution is 2.22. The molecule has 1 amide bonds. The minimum absolute atomic E-state index is 0.114. The van der Waals surface area contributed by atoms with Crippen LogP contribution in [-0.4, -0.2) is 38.2 Å². The fraction of sp³-hybridized carbons (Fsp3) is 0.429. The number of methoxy groups -OCH3 is 1. The monoisotopic (exact) mass is 278 g/mol. The zero-order valence-electron chi connectivity index (χ0n) is 11.6. The van der Waals surface area contributed by atoms with Crippen LogP contribution in [0.5, 0.6) is 5.75 Å². The Bertz CT molecular complexity index is 496. The van der Waals surface area contributed by atoms with Gasteiger partial charge in [-0.25, -0.2) is 5.43 Å². The van der Waals surface area contributed by atoms with Crippen LogP contribution in [0.1, 0.15) is 18.9 Å². The van der Waals surface area contributed by atoms with E-state index in [-0.39, 0.29) is 12.3 Å². The van der Waals surface area contributed by atoms with E-state index in [1.807, 2.05) is 24.3 Å². The van der Waals surface area contributed by atoms with Crippen molar-refractivity contribution in [2.75, 3.05) is 20.3 Å². The van der Waals surface area contributed by atoms with Gasteiger partial charge in [-0.1, -0.05) is 12.1 Å². The molecule has 1 aliphatic rings. The SMILES string of the molecule is COc1cccc(/C=N/NC(=O)CC2(C)OCCO2)c1. The number of hydrogen-bond acceptors (Lipinski definition) is 5. The standard InChI is InChI=1S/C14H18N2O4/c1-14(19-6-7-20-14)9-13(17)16-15-10-11-4-3-5-12(8-11)18-2/h3-5,8,10H,6-7,9H2,1-2H3,(H,16,17)/b15-10+. The fourth-order valence-electron chi connectivity index (χ4n) is 1.89. The zero-order valence-corrected chi connectivity index (χ0v) is 11.6. The lowest BCUT2D eigenvalue weighted by atomic mass is 10.2. The summed E-state index contributed by atoms with van der Waals surface area (Å²) in [5.74, 6) is -0.357. The van der Waals surface area contributed by atoms with Gasteiger partial charge < -0.3 is 14.2 Å². The highest BCUT2D eigenvalue weighted by Gasteiger charge is 2.33. The number of ether oxygens (including phenoxy) is 3. The fourth-order valence-corrected chi connectivity index (χ4v) is 1.89. The second-order valence-electron chi connectivity index (χ2n) is 4.58. The number of nitrogens with zero attached hydrogens (tertiary/aromatic N) is 1. The van der Waals surface area contributed by atoms with Crippen molar-refractivity contribution in [3.63, 3.8) is 0 Å². The van der Waals surface area contributed by atoms with Crippen molar-refractivity contribution < 1.29 is 19.0 Å². The number of carbonyl (C=O) groups is 1. The average Bonchev–Trinajstić information content (AvgIpc) is 2.85. The zero-order chi connectivity index (χ0) is 14.4. The summed E-state index contributed by atoms with van der Waals surface area (Å²) in [6.45, 7) is 2.76. The van der Waals surface area contributed by atoms with E-state index >= 15 is 0 Å². The van der Waals surface area contributed by atoms with Crippen LogP contribution in [0.2, 0.25) is 0 Å². The molecule has 20 heavy (non-hydrogen) atoms. The minimum atomic E-state index is -0.838. The molecular weight excluding hydrogens is 260 g/mol. The summed E-state index contributed by atoms with van der Waals surface area (Å²) in [6, 6.07) is 7.37. The Morgan fingerprint density at radius 3 is 2.95 bits per heavy atom. The van der Waals surface area contributed by atoms with E-state index in [4.69, 9.17) is 14.2 Å². The van der Waals surface area contributed by atoms with Crippen LogP contribution in [0.4, 0.5) is 0 Å². The molecule has 0 aliphatic carbocycles. The molecule has 0 bridgehead atoms. The first-order chi connectivity index (χ1) is 9.61. The van der Waals surface area contributed by atoms with Gasteiger partial charge in [-0.05, 0) is 24.6 Å². The molecule has 1 aliphatic heterocycles. The van der Waals surface area contributed by atoms with E-state index in [2.05, 4.69) is 10.5 Å². The van der Waals surface area contributed by atoms with Crippen molar-refractivity contribution in [2.45, 2.75) is 19.1 Å². The highest BCUT2D eigenvalue weighted by molar-refractivity contribution is 5.83. The summed E-state index contributed by atoms with van der Waals surface area (Å²) in [5, 5.41) is 3.90. The van der Waals surface area contributed by atoms with Gasteiger partial charge in [-0.15, -0.1) is 0 Å². The largest absolute Gasteiger partial charge is 0.497 e. The summed E-state index contributed by atoms with van der Waals surface area (Å²) >= 11 is 0. The maximum Gasteiger partial charge on any atom is 0.245 e. The van der Waals surface area contributed by atoms with E-state index in [0.717, 1.165) is 11.3 Å². The van der Waals surface area contributed by atoms with Crippen LogP contribution in [0, 0.1) is 0 Å². The van der Waals surface area contributed by atoms with Crippen molar-refractivity contribution in [2.24, 2.45) is 5.10 Å². The lowest BCUT2D eigenvalue weighted by molar-refractivity contribution is -0.159. The number of hydrazone groups is 1. The normalized spacial score (nSPS) is 17.3. The van der Waals surface area contributed by atoms with Crippen molar-refractivity contribution in [3.8, 4) is 5.75 Å². The third-order valence-corrected chi connectivity index (χ3v) is 2.88. The van der Waals surface area contributed by atoms with E-state index < -0.39 is 5.79 Å². The molecule has 6 nitrogen and oxygen atoms in total. The summed E-state index contributed by atoms with van der Waals surface area (Å²) in [5.41, 5.74) is 3.29. The molecule has 108 valence electrons. The van der Waals surface area contributed by atoms with Gasteiger partial charge in [0.15, 0.2) is 5.79 Å². The molecule has 0 atom stereocenters. The summed E-state index contributed by atoms with van der Waals surface area (Å²) in [4.78, 5) is 11.7. The van der Waals surface area contributed by atoms with Gasteiger partial charge in [0.1, 0.15) is 5.75 Å². The summed E-state index contributed by atoms with van der Waals surface area (Å²) in [6.07, 6.45) is 1.67. The van der Waals surface area contributed by atoms with E-state index in [1.54, 1.807) is 20.2 Å². The molecule has 0 saturated carbocycles. The summed E-state index contributed by atoms with van der Waals surface area (Å²) < 4.78 is 15.8. The second kappa shape index (κ2) is 6.49.